The predicted molar refractivity (Wildman–Crippen MR) is 50.4 cm³/mol. The summed E-state index contributed by atoms with van der Waals surface area (Å²) in [7, 11) is 0. The second-order valence-corrected chi connectivity index (χ2v) is 3.19. The third kappa shape index (κ3) is 1.71. The van der Waals surface area contributed by atoms with Crippen LogP contribution in [0.1, 0.15) is 12.8 Å². The predicted octanol–water partition coefficient (Wildman–Crippen LogP) is 1.98. The Hall–Kier alpha value is -1.32. The fraction of sp³-hybridized carbons (Fsp3) is 0.444. The molecule has 70 valence electrons. The van der Waals surface area contributed by atoms with Crippen LogP contribution in [0.5, 0.6) is 0 Å². The quantitative estimate of drug-likeness (QED) is 0.707. The zero-order valence-corrected chi connectivity index (χ0v) is 7.33. The van der Waals surface area contributed by atoms with Gasteiger partial charge >= 0.3 is 0 Å². The van der Waals surface area contributed by atoms with Crippen LogP contribution in [0.25, 0.3) is 0 Å². The minimum Gasteiger partial charge on any atom is -0.357 e. The standard InChI is InChI=1S/C9H12FN3/c10-12-8-3-4-11-9(7-8)13-5-1-2-6-13/h3-4,7H,1-2,5-6H2,(H,11,12). The van der Waals surface area contributed by atoms with E-state index in [-0.39, 0.29) is 0 Å². The minimum absolute atomic E-state index is 0.469. The maximum atomic E-state index is 12.1. The normalized spacial score (nSPS) is 16.2. The molecular weight excluding hydrogens is 169 g/mol. The lowest BCUT2D eigenvalue weighted by Gasteiger charge is -2.16. The fourth-order valence-electron chi connectivity index (χ4n) is 1.60. The molecule has 1 N–H and O–H groups in total. The van der Waals surface area contributed by atoms with Gasteiger partial charge in [0.25, 0.3) is 0 Å². The molecule has 1 aromatic heterocycles. The number of pyridine rings is 1. The molecule has 0 atom stereocenters. The lowest BCUT2D eigenvalue weighted by molar-refractivity contribution is 0.617. The summed E-state index contributed by atoms with van der Waals surface area (Å²) in [6.07, 6.45) is 4.03. The van der Waals surface area contributed by atoms with Crippen LogP contribution in [0.15, 0.2) is 18.3 Å². The monoisotopic (exact) mass is 181 g/mol. The Bertz CT molecular complexity index is 284. The molecule has 1 aliphatic rings. The average molecular weight is 181 g/mol. The number of anilines is 2. The molecule has 0 unspecified atom stereocenters. The summed E-state index contributed by atoms with van der Waals surface area (Å²) in [6.45, 7) is 2.06. The molecule has 0 spiro atoms. The van der Waals surface area contributed by atoms with Gasteiger partial charge in [0, 0.05) is 25.4 Å². The van der Waals surface area contributed by atoms with Crippen molar-refractivity contribution in [3.05, 3.63) is 18.3 Å². The molecule has 0 aromatic carbocycles. The van der Waals surface area contributed by atoms with Gasteiger partial charge in [-0.15, -0.1) is 4.48 Å². The largest absolute Gasteiger partial charge is 0.357 e. The molecule has 0 amide bonds. The van der Waals surface area contributed by atoms with Gasteiger partial charge in [-0.05, 0) is 18.9 Å². The second-order valence-electron chi connectivity index (χ2n) is 3.19. The molecule has 1 fully saturated rings. The maximum absolute atomic E-state index is 12.1. The number of nitrogens with one attached hydrogen (secondary N) is 1. The van der Waals surface area contributed by atoms with E-state index >= 15 is 0 Å². The zero-order valence-electron chi connectivity index (χ0n) is 7.33. The van der Waals surface area contributed by atoms with Crippen molar-refractivity contribution in [2.75, 3.05) is 23.5 Å². The van der Waals surface area contributed by atoms with E-state index in [9.17, 15) is 4.48 Å². The third-order valence-electron chi connectivity index (χ3n) is 2.28. The van der Waals surface area contributed by atoms with Gasteiger partial charge in [0.05, 0.1) is 5.69 Å². The Balaban J connectivity index is 2.18. The van der Waals surface area contributed by atoms with E-state index in [2.05, 4.69) is 9.88 Å². The lowest BCUT2D eigenvalue weighted by Crippen LogP contribution is -2.18. The second kappa shape index (κ2) is 3.60. The van der Waals surface area contributed by atoms with Crippen LogP contribution in [0.4, 0.5) is 16.0 Å². The van der Waals surface area contributed by atoms with Crippen LogP contribution in [-0.4, -0.2) is 18.1 Å². The summed E-state index contributed by atoms with van der Waals surface area (Å²) < 4.78 is 12.1. The minimum atomic E-state index is 0.469. The van der Waals surface area contributed by atoms with Crippen LogP contribution >= 0.6 is 0 Å². The van der Waals surface area contributed by atoms with Crippen molar-refractivity contribution < 1.29 is 4.48 Å². The van der Waals surface area contributed by atoms with E-state index < -0.39 is 0 Å². The molecule has 3 nitrogen and oxygen atoms in total. The molecule has 1 aromatic rings. The first-order valence-electron chi connectivity index (χ1n) is 4.48. The molecule has 1 aliphatic heterocycles. The Labute approximate surface area is 76.5 Å². The molecule has 13 heavy (non-hydrogen) atoms. The molecular formula is C9H12FN3. The van der Waals surface area contributed by atoms with E-state index in [4.69, 9.17) is 0 Å². The van der Waals surface area contributed by atoms with Crippen molar-refractivity contribution >= 4 is 11.5 Å². The summed E-state index contributed by atoms with van der Waals surface area (Å²) in [4.78, 5) is 6.36. The number of nitrogens with zero attached hydrogens (tertiary/aromatic N) is 2. The SMILES string of the molecule is FNc1ccnc(N2CCCC2)c1. The topological polar surface area (TPSA) is 28.2 Å². The Morgan fingerprint density at radius 3 is 2.85 bits per heavy atom. The van der Waals surface area contributed by atoms with Crippen molar-refractivity contribution in [2.24, 2.45) is 0 Å². The van der Waals surface area contributed by atoms with E-state index in [1.807, 2.05) is 0 Å². The van der Waals surface area contributed by atoms with Crippen LogP contribution in [0, 0.1) is 0 Å². The third-order valence-corrected chi connectivity index (χ3v) is 2.28. The molecule has 2 rings (SSSR count). The van der Waals surface area contributed by atoms with Crippen molar-refractivity contribution in [1.29, 1.82) is 0 Å². The molecule has 0 bridgehead atoms. The first kappa shape index (κ1) is 8.29. The van der Waals surface area contributed by atoms with E-state index in [1.54, 1.807) is 23.9 Å². The van der Waals surface area contributed by atoms with E-state index in [0.29, 0.717) is 5.69 Å². The van der Waals surface area contributed by atoms with Crippen LogP contribution in [-0.2, 0) is 0 Å². The highest BCUT2D eigenvalue weighted by atomic mass is 19.2. The van der Waals surface area contributed by atoms with Gasteiger partial charge in [0.1, 0.15) is 5.82 Å². The Morgan fingerprint density at radius 1 is 1.38 bits per heavy atom. The number of halogens is 1. The van der Waals surface area contributed by atoms with Crippen LogP contribution < -0.4 is 10.4 Å². The zero-order chi connectivity index (χ0) is 9.10. The molecule has 0 radical (unpaired) electrons. The Kier molecular flexibility index (Phi) is 2.29. The average Bonchev–Trinajstić information content (AvgIpc) is 2.71. The highest BCUT2D eigenvalue weighted by molar-refractivity contribution is 5.52. The number of aromatic nitrogens is 1. The van der Waals surface area contributed by atoms with Gasteiger partial charge < -0.3 is 4.90 Å². The van der Waals surface area contributed by atoms with Crippen molar-refractivity contribution in [1.82, 2.24) is 4.98 Å². The van der Waals surface area contributed by atoms with Crippen molar-refractivity contribution in [3.63, 3.8) is 0 Å². The number of hydrogen-bond donors (Lipinski definition) is 1. The first-order valence-corrected chi connectivity index (χ1v) is 4.48. The summed E-state index contributed by atoms with van der Waals surface area (Å²) >= 11 is 0. The highest BCUT2D eigenvalue weighted by Crippen LogP contribution is 2.20. The van der Waals surface area contributed by atoms with Crippen LogP contribution in [0.2, 0.25) is 0 Å². The summed E-state index contributed by atoms with van der Waals surface area (Å²) in [5.74, 6) is 0.861. The van der Waals surface area contributed by atoms with E-state index in [1.165, 1.54) is 12.8 Å². The fourth-order valence-corrected chi connectivity index (χ4v) is 1.60. The summed E-state index contributed by atoms with van der Waals surface area (Å²) in [5, 5.41) is 0. The maximum Gasteiger partial charge on any atom is 0.130 e. The number of hydrogen-bond acceptors (Lipinski definition) is 3. The van der Waals surface area contributed by atoms with Gasteiger partial charge in [-0.2, -0.15) is 0 Å². The van der Waals surface area contributed by atoms with Gasteiger partial charge in [-0.25, -0.2) is 10.5 Å². The molecule has 2 heterocycles. The summed E-state index contributed by atoms with van der Waals surface area (Å²) in [5.41, 5.74) is 2.09. The van der Waals surface area contributed by atoms with Crippen molar-refractivity contribution in [2.45, 2.75) is 12.8 Å². The highest BCUT2D eigenvalue weighted by Gasteiger charge is 2.13. The van der Waals surface area contributed by atoms with E-state index in [0.717, 1.165) is 18.9 Å². The Morgan fingerprint density at radius 2 is 2.15 bits per heavy atom. The molecule has 0 saturated carbocycles. The molecule has 1 saturated heterocycles. The molecule has 0 aliphatic carbocycles. The lowest BCUT2D eigenvalue weighted by atomic mass is 10.4. The van der Waals surface area contributed by atoms with Gasteiger partial charge in [-0.1, -0.05) is 0 Å². The van der Waals surface area contributed by atoms with Crippen LogP contribution in [0.3, 0.4) is 0 Å². The van der Waals surface area contributed by atoms with Gasteiger partial charge in [0.2, 0.25) is 0 Å². The van der Waals surface area contributed by atoms with Gasteiger partial charge in [0.15, 0.2) is 0 Å². The number of rotatable bonds is 2. The van der Waals surface area contributed by atoms with Crippen molar-refractivity contribution in [3.8, 4) is 0 Å². The first-order chi connectivity index (χ1) is 6.40. The smallest absolute Gasteiger partial charge is 0.130 e. The molecule has 4 heteroatoms. The summed E-state index contributed by atoms with van der Waals surface area (Å²) in [6, 6.07) is 3.34. The van der Waals surface area contributed by atoms with Gasteiger partial charge in [-0.3, -0.25) is 0 Å².